The number of fused-ring (bicyclic) bond motifs is 12. The Labute approximate surface area is 161 Å². The molecular weight excluding hydrogens is 336 g/mol. The Morgan fingerprint density at radius 1 is 1.00 bits per heavy atom. The van der Waals surface area contributed by atoms with Crippen LogP contribution in [0.15, 0.2) is 11.6 Å². The quantitative estimate of drug-likeness (QED) is 0.600. The number of ether oxygens (including phenoxy) is 1. The van der Waals surface area contributed by atoms with Crippen molar-refractivity contribution in [3.63, 3.8) is 0 Å². The third-order valence-electron chi connectivity index (χ3n) is 10.9. The van der Waals surface area contributed by atoms with Crippen molar-refractivity contribution in [3.05, 3.63) is 11.6 Å². The van der Waals surface area contributed by atoms with Crippen molar-refractivity contribution in [1.82, 2.24) is 0 Å². The van der Waals surface area contributed by atoms with Crippen LogP contribution in [0.2, 0.25) is 0 Å². The summed E-state index contributed by atoms with van der Waals surface area (Å²) in [6, 6.07) is 0. The van der Waals surface area contributed by atoms with Crippen LogP contribution >= 0.6 is 0 Å². The summed E-state index contributed by atoms with van der Waals surface area (Å²) in [5, 5.41) is 0. The van der Waals surface area contributed by atoms with Crippen molar-refractivity contribution in [2.24, 2.45) is 52.3 Å². The normalized spacial score (nSPS) is 62.0. The maximum atomic E-state index is 12.2. The van der Waals surface area contributed by atoms with Gasteiger partial charge in [0.15, 0.2) is 5.78 Å². The van der Waals surface area contributed by atoms with E-state index in [1.165, 1.54) is 31.3 Å². The first kappa shape index (κ1) is 15.8. The van der Waals surface area contributed by atoms with Crippen LogP contribution < -0.4 is 0 Å². The second-order valence-corrected chi connectivity index (χ2v) is 11.5. The number of ketones is 1. The number of rotatable bonds is 0. The molecule has 7 aliphatic rings. The maximum Gasteiger partial charge on any atom is 0.306 e. The Bertz CT molecular complexity index is 827. The molecule has 0 amide bonds. The van der Waals surface area contributed by atoms with Gasteiger partial charge in [0.2, 0.25) is 0 Å². The number of hydrogen-bond acceptors (Lipinski definition) is 3. The van der Waals surface area contributed by atoms with Crippen molar-refractivity contribution < 1.29 is 14.3 Å². The van der Waals surface area contributed by atoms with E-state index >= 15 is 0 Å². The van der Waals surface area contributed by atoms with Gasteiger partial charge in [-0.05, 0) is 85.5 Å². The Morgan fingerprint density at radius 2 is 1.85 bits per heavy atom. The molecule has 144 valence electrons. The van der Waals surface area contributed by atoms with Crippen LogP contribution in [0.25, 0.3) is 0 Å². The summed E-state index contributed by atoms with van der Waals surface area (Å²) >= 11 is 0. The molecule has 0 aromatic carbocycles. The predicted molar refractivity (Wildman–Crippen MR) is 99.5 cm³/mol. The van der Waals surface area contributed by atoms with Crippen LogP contribution in [0.3, 0.4) is 0 Å². The molecule has 0 bridgehead atoms. The Balaban J connectivity index is 1.33. The Kier molecular flexibility index (Phi) is 2.56. The maximum absolute atomic E-state index is 12.2. The minimum atomic E-state index is -0.131. The molecule has 6 aliphatic carbocycles. The van der Waals surface area contributed by atoms with Crippen LogP contribution in [0.5, 0.6) is 0 Å². The molecule has 0 radical (unpaired) electrons. The molecule has 3 nitrogen and oxygen atoms in total. The Hall–Kier alpha value is -1.12. The standard InChI is InChI=1S/C24H30O3/c1-22-6-3-12(25)9-17(22)13-10-14(13)20-16(22)4-7-23(2)21(20)15-11-18(15)24(23)8-5-19(26)27-24/h9,13-16,18,20-21H,3-8,10-11H2,1-2H3/t13-,14?,15-,16?,18?,20?,21?,22-,23+,24?/m1/s1. The molecule has 6 fully saturated rings. The van der Waals surface area contributed by atoms with Gasteiger partial charge in [0.05, 0.1) is 0 Å². The zero-order chi connectivity index (χ0) is 18.3. The van der Waals surface area contributed by atoms with Crippen molar-refractivity contribution in [3.8, 4) is 0 Å². The van der Waals surface area contributed by atoms with Gasteiger partial charge in [0, 0.05) is 24.2 Å². The number of allylic oxidation sites excluding steroid dienone is 1. The summed E-state index contributed by atoms with van der Waals surface area (Å²) in [4.78, 5) is 24.3. The van der Waals surface area contributed by atoms with Gasteiger partial charge in [-0.1, -0.05) is 19.4 Å². The third kappa shape index (κ3) is 1.58. The molecule has 1 saturated heterocycles. The van der Waals surface area contributed by atoms with Crippen molar-refractivity contribution in [2.45, 2.75) is 70.8 Å². The lowest BCUT2D eigenvalue weighted by atomic mass is 9.45. The molecule has 0 aromatic heterocycles. The number of hydrogen-bond donors (Lipinski definition) is 0. The van der Waals surface area contributed by atoms with Gasteiger partial charge in [0.25, 0.3) is 0 Å². The lowest BCUT2D eigenvalue weighted by Gasteiger charge is -2.60. The van der Waals surface area contributed by atoms with E-state index in [9.17, 15) is 9.59 Å². The molecule has 27 heavy (non-hydrogen) atoms. The van der Waals surface area contributed by atoms with E-state index in [4.69, 9.17) is 4.74 Å². The first-order valence-corrected chi connectivity index (χ1v) is 11.4. The Morgan fingerprint density at radius 3 is 2.63 bits per heavy atom. The lowest BCUT2D eigenvalue weighted by Crippen LogP contribution is -2.57. The highest BCUT2D eigenvalue weighted by Crippen LogP contribution is 2.82. The molecule has 10 atom stereocenters. The predicted octanol–water partition coefficient (Wildman–Crippen LogP) is 4.31. The summed E-state index contributed by atoms with van der Waals surface area (Å²) in [5.74, 6) is 5.65. The molecular formula is C24H30O3. The fourth-order valence-corrected chi connectivity index (χ4v) is 9.74. The molecule has 5 saturated carbocycles. The second-order valence-electron chi connectivity index (χ2n) is 11.5. The summed E-state index contributed by atoms with van der Waals surface area (Å²) in [5.41, 5.74) is 1.85. The van der Waals surface area contributed by atoms with Crippen LogP contribution in [0.4, 0.5) is 0 Å². The second kappa shape index (κ2) is 4.39. The zero-order valence-electron chi connectivity index (χ0n) is 16.5. The van der Waals surface area contributed by atoms with Gasteiger partial charge >= 0.3 is 5.97 Å². The summed E-state index contributed by atoms with van der Waals surface area (Å²) in [7, 11) is 0. The van der Waals surface area contributed by atoms with Gasteiger partial charge in [-0.3, -0.25) is 9.59 Å². The van der Waals surface area contributed by atoms with E-state index in [1.807, 2.05) is 0 Å². The van der Waals surface area contributed by atoms with Crippen molar-refractivity contribution in [1.29, 1.82) is 0 Å². The molecule has 0 aromatic rings. The molecule has 3 heteroatoms. The first-order valence-electron chi connectivity index (χ1n) is 11.4. The summed E-state index contributed by atoms with van der Waals surface area (Å²) in [6.45, 7) is 4.99. The van der Waals surface area contributed by atoms with E-state index in [-0.39, 0.29) is 22.4 Å². The molecule has 1 heterocycles. The van der Waals surface area contributed by atoms with E-state index < -0.39 is 0 Å². The number of carbonyl (C=O) groups excluding carboxylic acids is 2. The van der Waals surface area contributed by atoms with E-state index in [2.05, 4.69) is 19.9 Å². The lowest BCUT2D eigenvalue weighted by molar-refractivity contribution is -0.177. The fraction of sp³-hybridized carbons (Fsp3) is 0.833. The van der Waals surface area contributed by atoms with E-state index in [0.717, 1.165) is 48.9 Å². The molecule has 1 aliphatic heterocycles. The summed E-state index contributed by atoms with van der Waals surface area (Å²) in [6.07, 6.45) is 10.6. The fourth-order valence-electron chi connectivity index (χ4n) is 9.74. The minimum Gasteiger partial charge on any atom is -0.458 e. The smallest absolute Gasteiger partial charge is 0.306 e. The van der Waals surface area contributed by atoms with Crippen molar-refractivity contribution in [2.75, 3.05) is 0 Å². The highest BCUT2D eigenvalue weighted by Gasteiger charge is 2.81. The van der Waals surface area contributed by atoms with Crippen LogP contribution in [-0.2, 0) is 14.3 Å². The van der Waals surface area contributed by atoms with E-state index in [1.54, 1.807) is 0 Å². The van der Waals surface area contributed by atoms with Crippen LogP contribution in [0, 0.1) is 52.3 Å². The average molecular weight is 367 g/mol. The monoisotopic (exact) mass is 366 g/mol. The summed E-state index contributed by atoms with van der Waals surface area (Å²) < 4.78 is 6.22. The molecule has 7 rings (SSSR count). The van der Waals surface area contributed by atoms with Crippen LogP contribution in [0.1, 0.15) is 65.2 Å². The van der Waals surface area contributed by atoms with E-state index in [0.29, 0.717) is 24.0 Å². The molecule has 1 spiro atoms. The minimum absolute atomic E-state index is 0.0561. The number of carbonyl (C=O) groups is 2. The average Bonchev–Trinajstić information content (AvgIpc) is 3.53. The topological polar surface area (TPSA) is 43.4 Å². The van der Waals surface area contributed by atoms with Crippen molar-refractivity contribution >= 4 is 11.8 Å². The number of esters is 1. The zero-order valence-corrected chi connectivity index (χ0v) is 16.5. The highest BCUT2D eigenvalue weighted by molar-refractivity contribution is 5.92. The van der Waals surface area contributed by atoms with Gasteiger partial charge in [-0.2, -0.15) is 0 Å². The highest BCUT2D eigenvalue weighted by atomic mass is 16.6. The first-order chi connectivity index (χ1) is 12.9. The van der Waals surface area contributed by atoms with Gasteiger partial charge < -0.3 is 4.74 Å². The molecule has 6 unspecified atom stereocenters. The largest absolute Gasteiger partial charge is 0.458 e. The molecule has 0 N–H and O–H groups in total. The van der Waals surface area contributed by atoms with Crippen LogP contribution in [-0.4, -0.2) is 17.4 Å². The van der Waals surface area contributed by atoms with Gasteiger partial charge in [-0.15, -0.1) is 0 Å². The van der Waals surface area contributed by atoms with Gasteiger partial charge in [-0.25, -0.2) is 0 Å². The SMILES string of the molecule is C[C@]12CCC(=O)C=C1[C@@H]1CC1C1C2CC[C@@]2(C)C1[C@@H]1CC1C21CCC(=O)O1. The third-order valence-corrected chi connectivity index (χ3v) is 10.9. The van der Waals surface area contributed by atoms with Gasteiger partial charge in [0.1, 0.15) is 5.60 Å².